The minimum absolute atomic E-state index is 0.551. The van der Waals surface area contributed by atoms with E-state index in [9.17, 15) is 0 Å². The molecule has 66 valence electrons. The van der Waals surface area contributed by atoms with Gasteiger partial charge >= 0.3 is 0 Å². The molecule has 1 aliphatic carbocycles. The summed E-state index contributed by atoms with van der Waals surface area (Å²) < 4.78 is 0. The predicted octanol–water partition coefficient (Wildman–Crippen LogP) is 1.84. The first kappa shape index (κ1) is 8.31. The molecule has 13 heavy (non-hydrogen) atoms. The maximum Gasteiger partial charge on any atom is -0.00726 e. The lowest BCUT2D eigenvalue weighted by Gasteiger charge is -2.01. The van der Waals surface area contributed by atoms with E-state index in [1.807, 2.05) is 0 Å². The molecule has 0 N–H and O–H groups in total. The maximum atomic E-state index is 2.31. The van der Waals surface area contributed by atoms with Gasteiger partial charge in [-0.1, -0.05) is 55.5 Å². The number of benzene rings is 1. The highest BCUT2D eigenvalue weighted by atomic mass is 14.0. The molecule has 1 unspecified atom stereocenters. The molecule has 0 spiro atoms. The van der Waals surface area contributed by atoms with Gasteiger partial charge < -0.3 is 0 Å². The van der Waals surface area contributed by atoms with E-state index in [-0.39, 0.29) is 0 Å². The van der Waals surface area contributed by atoms with Crippen molar-refractivity contribution in [3.63, 3.8) is 0 Å². The number of hydrogen-bond acceptors (Lipinski definition) is 0. The van der Waals surface area contributed by atoms with E-state index in [2.05, 4.69) is 55.5 Å². The van der Waals surface area contributed by atoms with Crippen molar-refractivity contribution in [1.29, 1.82) is 0 Å². The highest BCUT2D eigenvalue weighted by Gasteiger charge is 1.93. The van der Waals surface area contributed by atoms with Crippen molar-refractivity contribution >= 4 is 12.2 Å². The lowest BCUT2D eigenvalue weighted by molar-refractivity contribution is 0.984. The first-order valence-corrected chi connectivity index (χ1v) is 4.80. The van der Waals surface area contributed by atoms with E-state index in [1.165, 1.54) is 10.4 Å². The molecule has 2 rings (SSSR count). The van der Waals surface area contributed by atoms with Crippen LogP contribution in [0.2, 0.25) is 0 Å². The molecule has 0 aliphatic heterocycles. The fourth-order valence-electron chi connectivity index (χ4n) is 1.68. The molecule has 1 aromatic rings. The monoisotopic (exact) mass is 170 g/mol. The van der Waals surface area contributed by atoms with Gasteiger partial charge in [0.25, 0.3) is 0 Å². The number of allylic oxidation sites excluding steroid dienone is 2. The summed E-state index contributed by atoms with van der Waals surface area (Å²) in [6.45, 7) is 2.22. The van der Waals surface area contributed by atoms with E-state index >= 15 is 0 Å². The van der Waals surface area contributed by atoms with Gasteiger partial charge in [0.15, 0.2) is 0 Å². The van der Waals surface area contributed by atoms with Crippen LogP contribution in [0.3, 0.4) is 0 Å². The SMILES string of the molecule is CC1/C=C\C/C=c2/cccc/c2=C/1. The quantitative estimate of drug-likeness (QED) is 0.521. The van der Waals surface area contributed by atoms with Gasteiger partial charge in [-0.25, -0.2) is 0 Å². The van der Waals surface area contributed by atoms with Gasteiger partial charge in [0.2, 0.25) is 0 Å². The van der Waals surface area contributed by atoms with Crippen molar-refractivity contribution in [2.24, 2.45) is 5.92 Å². The van der Waals surface area contributed by atoms with E-state index < -0.39 is 0 Å². The number of rotatable bonds is 0. The Kier molecular flexibility index (Phi) is 2.31. The second-order valence-electron chi connectivity index (χ2n) is 3.52. The summed E-state index contributed by atoms with van der Waals surface area (Å²) in [4.78, 5) is 0. The molecule has 0 fully saturated rings. The first-order valence-electron chi connectivity index (χ1n) is 4.80. The maximum absolute atomic E-state index is 2.31. The average molecular weight is 170 g/mol. The molecule has 0 heteroatoms. The molecule has 0 saturated heterocycles. The Morgan fingerprint density at radius 2 is 1.92 bits per heavy atom. The van der Waals surface area contributed by atoms with Crippen molar-refractivity contribution in [2.45, 2.75) is 13.3 Å². The van der Waals surface area contributed by atoms with Crippen molar-refractivity contribution in [3.8, 4) is 0 Å². The third kappa shape index (κ3) is 1.89. The molecule has 1 aliphatic rings. The highest BCUT2D eigenvalue weighted by molar-refractivity contribution is 5.38. The Labute approximate surface area is 78.9 Å². The van der Waals surface area contributed by atoms with Crippen molar-refractivity contribution in [3.05, 3.63) is 46.9 Å². The van der Waals surface area contributed by atoms with E-state index in [0.717, 1.165) is 6.42 Å². The Hall–Kier alpha value is -1.30. The predicted molar refractivity (Wildman–Crippen MR) is 57.5 cm³/mol. The van der Waals surface area contributed by atoms with Crippen LogP contribution in [0.1, 0.15) is 13.3 Å². The summed E-state index contributed by atoms with van der Waals surface area (Å²) in [6, 6.07) is 8.56. The third-order valence-corrected chi connectivity index (χ3v) is 2.35. The summed E-state index contributed by atoms with van der Waals surface area (Å²) in [6.07, 6.45) is 10.1. The lowest BCUT2D eigenvalue weighted by atomic mass is 10.0. The first-order chi connectivity index (χ1) is 6.36. The Bertz CT molecular complexity index is 424. The third-order valence-electron chi connectivity index (χ3n) is 2.35. The molecular formula is C13H14. The second kappa shape index (κ2) is 3.61. The summed E-state index contributed by atoms with van der Waals surface area (Å²) >= 11 is 0. The Morgan fingerprint density at radius 3 is 2.77 bits per heavy atom. The van der Waals surface area contributed by atoms with Crippen LogP contribution in [-0.4, -0.2) is 0 Å². The molecule has 0 nitrogen and oxygen atoms in total. The van der Waals surface area contributed by atoms with E-state index in [0.29, 0.717) is 5.92 Å². The molecule has 0 radical (unpaired) electrons. The minimum Gasteiger partial charge on any atom is -0.0841 e. The molecule has 0 heterocycles. The molecule has 0 saturated carbocycles. The number of hydrogen-bond donors (Lipinski definition) is 0. The van der Waals surface area contributed by atoms with Crippen LogP contribution in [0.4, 0.5) is 0 Å². The second-order valence-corrected chi connectivity index (χ2v) is 3.52. The Morgan fingerprint density at radius 1 is 1.15 bits per heavy atom. The summed E-state index contributed by atoms with van der Waals surface area (Å²) in [5, 5.41) is 2.72. The van der Waals surface area contributed by atoms with Gasteiger partial charge in [-0.05, 0) is 22.8 Å². The lowest BCUT2D eigenvalue weighted by Crippen LogP contribution is -2.24. The van der Waals surface area contributed by atoms with Crippen LogP contribution in [0.25, 0.3) is 12.2 Å². The van der Waals surface area contributed by atoms with Crippen molar-refractivity contribution < 1.29 is 0 Å². The smallest absolute Gasteiger partial charge is 0.00726 e. The summed E-state index contributed by atoms with van der Waals surface area (Å²) in [5.41, 5.74) is 0. The van der Waals surface area contributed by atoms with Crippen LogP contribution in [0, 0.1) is 5.92 Å². The zero-order valence-corrected chi connectivity index (χ0v) is 7.90. The molecule has 1 atom stereocenters. The normalized spacial score (nSPS) is 28.2. The Balaban J connectivity index is 2.67. The highest BCUT2D eigenvalue weighted by Crippen LogP contribution is 2.01. The van der Waals surface area contributed by atoms with Gasteiger partial charge in [0, 0.05) is 0 Å². The van der Waals surface area contributed by atoms with Crippen LogP contribution < -0.4 is 10.4 Å². The van der Waals surface area contributed by atoms with Gasteiger partial charge in [0.1, 0.15) is 0 Å². The standard InChI is InChI=1S/C13H14/c1-11-6-2-3-7-12-8-4-5-9-13(12)10-11/h2,4-11H,3H2,1H3/b6-2-,12-7-,13-10-. The fraction of sp³-hybridized carbons (Fsp3) is 0.231. The summed E-state index contributed by atoms with van der Waals surface area (Å²) in [5.74, 6) is 0.551. The van der Waals surface area contributed by atoms with Gasteiger partial charge in [-0.3, -0.25) is 0 Å². The largest absolute Gasteiger partial charge is 0.0841 e. The average Bonchev–Trinajstić information content (AvgIpc) is 2.11. The van der Waals surface area contributed by atoms with Gasteiger partial charge in [-0.15, -0.1) is 0 Å². The van der Waals surface area contributed by atoms with E-state index in [1.54, 1.807) is 0 Å². The molecule has 0 bridgehead atoms. The fourth-order valence-corrected chi connectivity index (χ4v) is 1.68. The zero-order chi connectivity index (χ0) is 9.10. The van der Waals surface area contributed by atoms with Crippen LogP contribution >= 0.6 is 0 Å². The molecular weight excluding hydrogens is 156 g/mol. The zero-order valence-electron chi connectivity index (χ0n) is 7.90. The van der Waals surface area contributed by atoms with Gasteiger partial charge in [-0.2, -0.15) is 0 Å². The number of fused-ring (bicyclic) bond motifs is 1. The van der Waals surface area contributed by atoms with Crippen LogP contribution in [0.15, 0.2) is 36.4 Å². The van der Waals surface area contributed by atoms with Gasteiger partial charge in [0.05, 0.1) is 0 Å². The van der Waals surface area contributed by atoms with E-state index in [4.69, 9.17) is 0 Å². The minimum atomic E-state index is 0.551. The molecule has 0 amide bonds. The summed E-state index contributed by atoms with van der Waals surface area (Å²) in [7, 11) is 0. The topological polar surface area (TPSA) is 0 Å². The van der Waals surface area contributed by atoms with Crippen molar-refractivity contribution in [2.75, 3.05) is 0 Å². The van der Waals surface area contributed by atoms with Crippen LogP contribution in [0.5, 0.6) is 0 Å². The van der Waals surface area contributed by atoms with Crippen molar-refractivity contribution in [1.82, 2.24) is 0 Å². The van der Waals surface area contributed by atoms with Crippen LogP contribution in [-0.2, 0) is 0 Å². The molecule has 0 aromatic heterocycles. The molecule has 1 aromatic carbocycles.